The van der Waals surface area contributed by atoms with E-state index in [1.807, 2.05) is 0 Å². The molecule has 0 unspecified atom stereocenters. The summed E-state index contributed by atoms with van der Waals surface area (Å²) in [6, 6.07) is 2.09. The maximum atomic E-state index is 11.6. The molecule has 0 saturated heterocycles. The van der Waals surface area contributed by atoms with Crippen LogP contribution in [0.1, 0.15) is 31.2 Å². The van der Waals surface area contributed by atoms with Crippen LogP contribution in [0.4, 0.5) is 0 Å². The molecule has 1 fully saturated rings. The van der Waals surface area contributed by atoms with Gasteiger partial charge in [0.2, 0.25) is 5.91 Å². The Labute approximate surface area is 100 Å². The summed E-state index contributed by atoms with van der Waals surface area (Å²) in [7, 11) is 0. The lowest BCUT2D eigenvalue weighted by Gasteiger charge is -2.37. The van der Waals surface area contributed by atoms with Crippen molar-refractivity contribution in [2.24, 2.45) is 5.73 Å². The van der Waals surface area contributed by atoms with Gasteiger partial charge in [-0.15, -0.1) is 0 Å². The largest absolute Gasteiger partial charge is 0.356 e. The molecule has 16 heavy (non-hydrogen) atoms. The highest BCUT2D eigenvalue weighted by Crippen LogP contribution is 2.31. The van der Waals surface area contributed by atoms with Crippen LogP contribution in [0.3, 0.4) is 0 Å². The molecule has 2 rings (SSSR count). The number of hydrogen-bond acceptors (Lipinski definition) is 3. The van der Waals surface area contributed by atoms with Crippen LogP contribution < -0.4 is 11.1 Å². The van der Waals surface area contributed by atoms with Crippen LogP contribution in [-0.4, -0.2) is 18.0 Å². The molecular weight excluding hydrogens is 220 g/mol. The third kappa shape index (κ3) is 3.06. The molecule has 4 heteroatoms. The van der Waals surface area contributed by atoms with Gasteiger partial charge in [0.1, 0.15) is 0 Å². The molecule has 1 aromatic rings. The molecule has 0 radical (unpaired) electrons. The zero-order valence-electron chi connectivity index (χ0n) is 9.37. The van der Waals surface area contributed by atoms with E-state index in [-0.39, 0.29) is 11.4 Å². The van der Waals surface area contributed by atoms with Crippen molar-refractivity contribution in [3.63, 3.8) is 0 Å². The fourth-order valence-corrected chi connectivity index (χ4v) is 2.67. The molecule has 0 aromatic carbocycles. The number of carbonyl (C=O) groups is 1. The van der Waals surface area contributed by atoms with Gasteiger partial charge in [0, 0.05) is 18.5 Å². The van der Waals surface area contributed by atoms with Gasteiger partial charge in [-0.3, -0.25) is 4.79 Å². The van der Waals surface area contributed by atoms with E-state index in [1.54, 1.807) is 11.3 Å². The molecule has 0 aliphatic heterocycles. The first-order valence-electron chi connectivity index (χ1n) is 5.75. The van der Waals surface area contributed by atoms with Gasteiger partial charge in [0.05, 0.1) is 0 Å². The normalized spacial score (nSPS) is 17.8. The van der Waals surface area contributed by atoms with Crippen LogP contribution >= 0.6 is 11.3 Å². The second-order valence-corrected chi connectivity index (χ2v) is 5.40. The Morgan fingerprint density at radius 1 is 1.56 bits per heavy atom. The summed E-state index contributed by atoms with van der Waals surface area (Å²) in [4.78, 5) is 11.6. The lowest BCUT2D eigenvalue weighted by atomic mass is 9.75. The number of rotatable bonds is 5. The number of nitrogens with one attached hydrogen (secondary N) is 1. The van der Waals surface area contributed by atoms with Crippen molar-refractivity contribution >= 4 is 17.2 Å². The summed E-state index contributed by atoms with van der Waals surface area (Å²) >= 11 is 1.69. The van der Waals surface area contributed by atoms with Crippen LogP contribution in [-0.2, 0) is 11.2 Å². The molecule has 1 aromatic heterocycles. The Balaban J connectivity index is 1.64. The van der Waals surface area contributed by atoms with Crippen LogP contribution in [0.15, 0.2) is 16.8 Å². The minimum absolute atomic E-state index is 0.0948. The van der Waals surface area contributed by atoms with E-state index in [0.29, 0.717) is 13.0 Å². The second-order valence-electron chi connectivity index (χ2n) is 4.62. The Hall–Kier alpha value is -0.870. The van der Waals surface area contributed by atoms with Crippen molar-refractivity contribution in [2.45, 2.75) is 37.6 Å². The highest BCUT2D eigenvalue weighted by molar-refractivity contribution is 7.07. The minimum atomic E-state index is -0.202. The van der Waals surface area contributed by atoms with Crippen molar-refractivity contribution in [1.82, 2.24) is 5.32 Å². The first-order valence-corrected chi connectivity index (χ1v) is 6.69. The van der Waals surface area contributed by atoms with Crippen LogP contribution in [0.25, 0.3) is 0 Å². The van der Waals surface area contributed by atoms with Crippen molar-refractivity contribution in [3.8, 4) is 0 Å². The Morgan fingerprint density at radius 3 is 2.94 bits per heavy atom. The standard InChI is InChI=1S/C12H18N2OS/c13-12(4-1-5-12)8-11(15)14-6-2-10-3-7-16-9-10/h3,7,9H,1-2,4-6,8,13H2,(H,14,15). The fourth-order valence-electron chi connectivity index (χ4n) is 1.97. The molecule has 1 aliphatic rings. The molecule has 3 nitrogen and oxygen atoms in total. The first-order chi connectivity index (χ1) is 7.68. The summed E-state index contributed by atoms with van der Waals surface area (Å²) in [6.07, 6.45) is 4.54. The summed E-state index contributed by atoms with van der Waals surface area (Å²) in [6.45, 7) is 0.714. The quantitative estimate of drug-likeness (QED) is 0.820. The molecule has 88 valence electrons. The maximum absolute atomic E-state index is 11.6. The van der Waals surface area contributed by atoms with E-state index in [4.69, 9.17) is 5.73 Å². The summed E-state index contributed by atoms with van der Waals surface area (Å²) in [5.74, 6) is 0.0948. The molecule has 0 bridgehead atoms. The first kappa shape index (κ1) is 11.6. The Bertz CT molecular complexity index is 344. The van der Waals surface area contributed by atoms with Gasteiger partial charge in [-0.2, -0.15) is 11.3 Å². The van der Waals surface area contributed by atoms with Crippen LogP contribution in [0, 0.1) is 0 Å². The van der Waals surface area contributed by atoms with E-state index in [9.17, 15) is 4.79 Å². The van der Waals surface area contributed by atoms with Gasteiger partial charge >= 0.3 is 0 Å². The lowest BCUT2D eigenvalue weighted by molar-refractivity contribution is -0.122. The van der Waals surface area contributed by atoms with Gasteiger partial charge in [0.15, 0.2) is 0 Å². The molecule has 0 atom stereocenters. The van der Waals surface area contributed by atoms with Gasteiger partial charge in [-0.05, 0) is 48.1 Å². The summed E-state index contributed by atoms with van der Waals surface area (Å²) in [5.41, 5.74) is 7.10. The van der Waals surface area contributed by atoms with Gasteiger partial charge < -0.3 is 11.1 Å². The number of carbonyl (C=O) groups excluding carboxylic acids is 1. The Kier molecular flexibility index (Phi) is 3.61. The summed E-state index contributed by atoms with van der Waals surface area (Å²) in [5, 5.41) is 7.10. The third-order valence-electron chi connectivity index (χ3n) is 3.18. The highest BCUT2D eigenvalue weighted by atomic mass is 32.1. The molecule has 1 amide bonds. The number of hydrogen-bond donors (Lipinski definition) is 2. The maximum Gasteiger partial charge on any atom is 0.221 e. The Morgan fingerprint density at radius 2 is 2.38 bits per heavy atom. The molecule has 3 N–H and O–H groups in total. The average Bonchev–Trinajstić information content (AvgIpc) is 2.68. The van der Waals surface area contributed by atoms with Gasteiger partial charge in [-0.25, -0.2) is 0 Å². The lowest BCUT2D eigenvalue weighted by Crippen LogP contribution is -2.50. The zero-order chi connectivity index (χ0) is 11.4. The third-order valence-corrected chi connectivity index (χ3v) is 3.91. The SMILES string of the molecule is NC1(CC(=O)NCCc2ccsc2)CCC1. The average molecular weight is 238 g/mol. The van der Waals surface area contributed by atoms with Crippen molar-refractivity contribution < 1.29 is 4.79 Å². The molecular formula is C12H18N2OS. The van der Waals surface area contributed by atoms with Crippen molar-refractivity contribution in [3.05, 3.63) is 22.4 Å². The van der Waals surface area contributed by atoms with Crippen LogP contribution in [0.2, 0.25) is 0 Å². The smallest absolute Gasteiger partial charge is 0.221 e. The van der Waals surface area contributed by atoms with Crippen molar-refractivity contribution in [2.75, 3.05) is 6.54 Å². The summed E-state index contributed by atoms with van der Waals surface area (Å²) < 4.78 is 0. The minimum Gasteiger partial charge on any atom is -0.356 e. The van der Waals surface area contributed by atoms with E-state index >= 15 is 0 Å². The molecule has 0 spiro atoms. The number of amides is 1. The highest BCUT2D eigenvalue weighted by Gasteiger charge is 2.34. The van der Waals surface area contributed by atoms with E-state index in [2.05, 4.69) is 22.1 Å². The number of nitrogens with two attached hydrogens (primary N) is 1. The topological polar surface area (TPSA) is 55.1 Å². The monoisotopic (exact) mass is 238 g/mol. The van der Waals surface area contributed by atoms with Crippen LogP contribution in [0.5, 0.6) is 0 Å². The predicted octanol–water partition coefficient (Wildman–Crippen LogP) is 1.68. The molecule has 1 saturated carbocycles. The van der Waals surface area contributed by atoms with Crippen molar-refractivity contribution in [1.29, 1.82) is 0 Å². The van der Waals surface area contributed by atoms with E-state index in [0.717, 1.165) is 19.3 Å². The molecule has 1 aliphatic carbocycles. The predicted molar refractivity (Wildman–Crippen MR) is 66.4 cm³/mol. The fraction of sp³-hybridized carbons (Fsp3) is 0.583. The number of thiophene rings is 1. The van der Waals surface area contributed by atoms with E-state index < -0.39 is 0 Å². The molecule has 1 heterocycles. The second kappa shape index (κ2) is 4.97. The van der Waals surface area contributed by atoms with Gasteiger partial charge in [0.25, 0.3) is 0 Å². The van der Waals surface area contributed by atoms with E-state index in [1.165, 1.54) is 12.0 Å². The van der Waals surface area contributed by atoms with Gasteiger partial charge in [-0.1, -0.05) is 0 Å². The zero-order valence-corrected chi connectivity index (χ0v) is 10.2.